The molecule has 5 rings (SSSR count). The number of anilines is 1. The van der Waals surface area contributed by atoms with E-state index in [0.717, 1.165) is 12.8 Å². The minimum absolute atomic E-state index is 1.12. The first kappa shape index (κ1) is 17.8. The molecule has 2 aliphatic rings. The summed E-state index contributed by atoms with van der Waals surface area (Å²) < 4.78 is 0. The van der Waals surface area contributed by atoms with E-state index in [1.165, 1.54) is 51.3 Å². The van der Waals surface area contributed by atoms with Crippen molar-refractivity contribution in [2.24, 2.45) is 0 Å². The lowest BCUT2D eigenvalue weighted by Gasteiger charge is -2.38. The molecule has 1 aliphatic carbocycles. The van der Waals surface area contributed by atoms with Gasteiger partial charge in [0.15, 0.2) is 0 Å². The van der Waals surface area contributed by atoms with Crippen LogP contribution in [0, 0.1) is 6.92 Å². The summed E-state index contributed by atoms with van der Waals surface area (Å²) in [4.78, 5) is 2.45. The van der Waals surface area contributed by atoms with Gasteiger partial charge in [0.25, 0.3) is 0 Å². The Labute approximate surface area is 173 Å². The van der Waals surface area contributed by atoms with E-state index in [2.05, 4.69) is 109 Å². The summed E-state index contributed by atoms with van der Waals surface area (Å²) in [7, 11) is 0. The standard InChI is InChI=1S/C28H25N/c1-21-16-18-24(19-17-21)29-27-15-9-8-14-25(27)26(22-10-4-2-5-11-22)20-28(29)23-12-6-3-7-13-23/h2-7,10-13,15-20H,8-9,14H2,1H3. The summed E-state index contributed by atoms with van der Waals surface area (Å²) in [6, 6.07) is 30.5. The van der Waals surface area contributed by atoms with Gasteiger partial charge < -0.3 is 4.90 Å². The molecule has 1 heterocycles. The molecule has 0 aromatic heterocycles. The molecule has 3 aromatic carbocycles. The number of aryl methyl sites for hydroxylation is 1. The van der Waals surface area contributed by atoms with E-state index < -0.39 is 0 Å². The third-order valence-corrected chi connectivity index (χ3v) is 5.81. The van der Waals surface area contributed by atoms with Crippen molar-refractivity contribution in [2.75, 3.05) is 4.90 Å². The molecule has 3 aromatic rings. The lowest BCUT2D eigenvalue weighted by atomic mass is 9.85. The number of allylic oxidation sites excluding steroid dienone is 4. The maximum atomic E-state index is 2.45. The van der Waals surface area contributed by atoms with Crippen LogP contribution in [0.1, 0.15) is 36.0 Å². The summed E-state index contributed by atoms with van der Waals surface area (Å²) in [5.74, 6) is 0. The van der Waals surface area contributed by atoms with Crippen LogP contribution >= 0.6 is 0 Å². The van der Waals surface area contributed by atoms with Gasteiger partial charge in [0.05, 0.1) is 5.70 Å². The van der Waals surface area contributed by atoms with Gasteiger partial charge in [-0.1, -0.05) is 84.4 Å². The van der Waals surface area contributed by atoms with E-state index in [1.807, 2.05) is 0 Å². The highest BCUT2D eigenvalue weighted by molar-refractivity contribution is 5.98. The first-order valence-electron chi connectivity index (χ1n) is 10.4. The molecule has 1 nitrogen and oxygen atoms in total. The molecule has 1 heteroatoms. The first-order chi connectivity index (χ1) is 14.3. The number of rotatable bonds is 3. The lowest BCUT2D eigenvalue weighted by molar-refractivity contribution is 0.792. The minimum atomic E-state index is 1.12. The molecule has 0 unspecified atom stereocenters. The fraction of sp³-hybridized carbons (Fsp3) is 0.143. The van der Waals surface area contributed by atoms with E-state index in [-0.39, 0.29) is 0 Å². The first-order valence-corrected chi connectivity index (χ1v) is 10.4. The molecule has 1 aliphatic heterocycles. The molecule has 29 heavy (non-hydrogen) atoms. The maximum absolute atomic E-state index is 2.45. The number of nitrogens with zero attached hydrogens (tertiary/aromatic N) is 1. The van der Waals surface area contributed by atoms with Crippen LogP contribution in [0.25, 0.3) is 11.3 Å². The van der Waals surface area contributed by atoms with E-state index in [1.54, 1.807) is 0 Å². The van der Waals surface area contributed by atoms with Gasteiger partial charge >= 0.3 is 0 Å². The van der Waals surface area contributed by atoms with Crippen molar-refractivity contribution in [3.05, 3.63) is 125 Å². The third kappa shape index (κ3) is 3.34. The van der Waals surface area contributed by atoms with Crippen molar-refractivity contribution in [1.82, 2.24) is 0 Å². The van der Waals surface area contributed by atoms with Crippen LogP contribution in [0.4, 0.5) is 5.69 Å². The summed E-state index contributed by atoms with van der Waals surface area (Å²) in [5, 5.41) is 0. The molecule has 0 saturated carbocycles. The quantitative estimate of drug-likeness (QED) is 0.462. The molecule has 0 fully saturated rings. The summed E-state index contributed by atoms with van der Waals surface area (Å²) >= 11 is 0. The topological polar surface area (TPSA) is 3.24 Å². The third-order valence-electron chi connectivity index (χ3n) is 5.81. The molecule has 0 atom stereocenters. The van der Waals surface area contributed by atoms with Gasteiger partial charge in [0.2, 0.25) is 0 Å². The average molecular weight is 376 g/mol. The molecular formula is C28H25N. The van der Waals surface area contributed by atoms with Crippen LogP contribution in [-0.4, -0.2) is 0 Å². The molecule has 0 spiro atoms. The average Bonchev–Trinajstić information content (AvgIpc) is 2.80. The monoisotopic (exact) mass is 375 g/mol. The second-order valence-electron chi connectivity index (χ2n) is 7.81. The van der Waals surface area contributed by atoms with Crippen molar-refractivity contribution in [3.63, 3.8) is 0 Å². The molecule has 0 radical (unpaired) electrons. The Morgan fingerprint density at radius 3 is 2.03 bits per heavy atom. The van der Waals surface area contributed by atoms with E-state index in [9.17, 15) is 0 Å². The normalized spacial score (nSPS) is 16.2. The fourth-order valence-electron chi connectivity index (χ4n) is 4.35. The number of benzene rings is 3. The Balaban J connectivity index is 1.75. The van der Waals surface area contributed by atoms with E-state index in [4.69, 9.17) is 0 Å². The Bertz CT molecular complexity index is 1100. The molecule has 0 saturated heterocycles. The fourth-order valence-corrected chi connectivity index (χ4v) is 4.35. The highest BCUT2D eigenvalue weighted by Gasteiger charge is 2.29. The minimum Gasteiger partial charge on any atom is -0.310 e. The van der Waals surface area contributed by atoms with Gasteiger partial charge in [-0.3, -0.25) is 0 Å². The largest absolute Gasteiger partial charge is 0.310 e. The summed E-state index contributed by atoms with van der Waals surface area (Å²) in [6.07, 6.45) is 8.29. The number of hydrogen-bond donors (Lipinski definition) is 0. The van der Waals surface area contributed by atoms with E-state index >= 15 is 0 Å². The molecule has 0 amide bonds. The predicted molar refractivity (Wildman–Crippen MR) is 123 cm³/mol. The second-order valence-corrected chi connectivity index (χ2v) is 7.81. The van der Waals surface area contributed by atoms with Crippen LogP contribution < -0.4 is 4.90 Å². The van der Waals surface area contributed by atoms with Crippen molar-refractivity contribution in [1.29, 1.82) is 0 Å². The van der Waals surface area contributed by atoms with Gasteiger partial charge in [-0.15, -0.1) is 0 Å². The van der Waals surface area contributed by atoms with E-state index in [0.29, 0.717) is 0 Å². The zero-order valence-electron chi connectivity index (χ0n) is 16.8. The molecule has 0 N–H and O–H groups in total. The summed E-state index contributed by atoms with van der Waals surface area (Å²) in [6.45, 7) is 2.15. The van der Waals surface area contributed by atoms with Crippen molar-refractivity contribution >= 4 is 17.0 Å². The van der Waals surface area contributed by atoms with Crippen LogP contribution in [0.2, 0.25) is 0 Å². The van der Waals surface area contributed by atoms with Crippen LogP contribution in [0.5, 0.6) is 0 Å². The second kappa shape index (κ2) is 7.60. The Morgan fingerprint density at radius 2 is 1.34 bits per heavy atom. The lowest BCUT2D eigenvalue weighted by Crippen LogP contribution is -2.27. The predicted octanol–water partition coefficient (Wildman–Crippen LogP) is 7.38. The van der Waals surface area contributed by atoms with Gasteiger partial charge in [-0.25, -0.2) is 0 Å². The zero-order chi connectivity index (χ0) is 19.6. The summed E-state index contributed by atoms with van der Waals surface area (Å²) in [5.41, 5.74) is 10.5. The Hall–Kier alpha value is -3.32. The highest BCUT2D eigenvalue weighted by Crippen LogP contribution is 2.45. The smallest absolute Gasteiger partial charge is 0.0540 e. The highest BCUT2D eigenvalue weighted by atomic mass is 15.2. The molecular weight excluding hydrogens is 350 g/mol. The van der Waals surface area contributed by atoms with Crippen molar-refractivity contribution in [2.45, 2.75) is 26.2 Å². The SMILES string of the molecule is Cc1ccc(N2C3=CCCCC3=C(c3ccccc3)C=C2c2ccccc2)cc1. The van der Waals surface area contributed by atoms with Gasteiger partial charge in [0.1, 0.15) is 0 Å². The maximum Gasteiger partial charge on any atom is 0.0540 e. The van der Waals surface area contributed by atoms with Gasteiger partial charge in [-0.2, -0.15) is 0 Å². The van der Waals surface area contributed by atoms with Crippen LogP contribution in [-0.2, 0) is 0 Å². The van der Waals surface area contributed by atoms with Crippen molar-refractivity contribution < 1.29 is 0 Å². The van der Waals surface area contributed by atoms with Crippen LogP contribution in [0.15, 0.2) is 108 Å². The van der Waals surface area contributed by atoms with Gasteiger partial charge in [0, 0.05) is 11.4 Å². The number of fused-ring (bicyclic) bond motifs is 1. The van der Waals surface area contributed by atoms with Crippen molar-refractivity contribution in [3.8, 4) is 0 Å². The Kier molecular flexibility index (Phi) is 4.65. The van der Waals surface area contributed by atoms with Gasteiger partial charge in [-0.05, 0) is 66.7 Å². The van der Waals surface area contributed by atoms with Crippen LogP contribution in [0.3, 0.4) is 0 Å². The Morgan fingerprint density at radius 1 is 0.690 bits per heavy atom. The zero-order valence-corrected chi connectivity index (χ0v) is 16.8. The molecule has 0 bridgehead atoms. The molecule has 142 valence electrons. The number of hydrogen-bond acceptors (Lipinski definition) is 1.